The minimum Gasteiger partial charge on any atom is -0.465 e. The molecule has 84 valence electrons. The van der Waals surface area contributed by atoms with Crippen LogP contribution in [0.25, 0.3) is 0 Å². The summed E-state index contributed by atoms with van der Waals surface area (Å²) in [6, 6.07) is 1.17. The predicted octanol–water partition coefficient (Wildman–Crippen LogP) is 1.09. The number of aromatic nitrogens is 2. The number of alkyl halides is 3. The van der Waals surface area contributed by atoms with Gasteiger partial charge in [0.1, 0.15) is 12.1 Å². The average molecular weight is 222 g/mol. The van der Waals surface area contributed by atoms with Crippen molar-refractivity contribution in [3.63, 3.8) is 0 Å². The molecule has 8 heteroatoms. The van der Waals surface area contributed by atoms with E-state index < -0.39 is 12.3 Å². The zero-order chi connectivity index (χ0) is 11.5. The normalized spacial score (nSPS) is 13.4. The Kier molecular flexibility index (Phi) is 3.30. The number of halogens is 3. The lowest BCUT2D eigenvalue weighted by molar-refractivity contribution is -0.189. The summed E-state index contributed by atoms with van der Waals surface area (Å²) in [4.78, 5) is 7.13. The van der Waals surface area contributed by atoms with E-state index in [1.165, 1.54) is 6.07 Å². The highest BCUT2D eigenvalue weighted by Crippen LogP contribution is 2.24. The summed E-state index contributed by atoms with van der Waals surface area (Å²) in [6.07, 6.45) is -5.31. The Morgan fingerprint density at radius 3 is 2.67 bits per heavy atom. The first-order chi connectivity index (χ1) is 6.93. The number of hydrogen-bond donors (Lipinski definition) is 2. The second-order valence-electron chi connectivity index (χ2n) is 2.69. The second-order valence-corrected chi connectivity index (χ2v) is 2.69. The molecule has 0 spiro atoms. The minimum absolute atomic E-state index is 0.175. The van der Waals surface area contributed by atoms with Crippen LogP contribution in [-0.2, 0) is 0 Å². The van der Waals surface area contributed by atoms with Gasteiger partial charge in [0, 0.05) is 6.07 Å². The van der Waals surface area contributed by atoms with Gasteiger partial charge in [0.15, 0.2) is 6.10 Å². The molecular weight excluding hydrogens is 213 g/mol. The average Bonchev–Trinajstić information content (AvgIpc) is 2.16. The highest BCUT2D eigenvalue weighted by molar-refractivity contribution is 5.35. The third kappa shape index (κ3) is 3.24. The van der Waals surface area contributed by atoms with Gasteiger partial charge in [-0.25, -0.2) is 15.8 Å². The lowest BCUT2D eigenvalue weighted by atomic mass is 10.4. The van der Waals surface area contributed by atoms with Crippen LogP contribution in [0.2, 0.25) is 0 Å². The molecule has 1 rings (SSSR count). The smallest absolute Gasteiger partial charge is 0.425 e. The van der Waals surface area contributed by atoms with Crippen LogP contribution < -0.4 is 16.0 Å². The van der Waals surface area contributed by atoms with Crippen molar-refractivity contribution in [2.75, 3.05) is 5.43 Å². The molecule has 1 unspecified atom stereocenters. The van der Waals surface area contributed by atoms with E-state index in [1.54, 1.807) is 0 Å². The molecule has 0 saturated heterocycles. The summed E-state index contributed by atoms with van der Waals surface area (Å²) < 4.78 is 40.9. The van der Waals surface area contributed by atoms with Crippen LogP contribution in [0.4, 0.5) is 19.0 Å². The molecule has 1 aromatic heterocycles. The summed E-state index contributed by atoms with van der Waals surface area (Å²) >= 11 is 0. The number of nitrogens with zero attached hydrogens (tertiary/aromatic N) is 2. The van der Waals surface area contributed by atoms with Crippen LogP contribution in [0.5, 0.6) is 5.88 Å². The van der Waals surface area contributed by atoms with Crippen LogP contribution in [0.15, 0.2) is 12.4 Å². The number of ether oxygens (including phenoxy) is 1. The van der Waals surface area contributed by atoms with Crippen molar-refractivity contribution in [3.8, 4) is 5.88 Å². The fourth-order valence-electron chi connectivity index (χ4n) is 0.731. The van der Waals surface area contributed by atoms with Crippen LogP contribution >= 0.6 is 0 Å². The van der Waals surface area contributed by atoms with Gasteiger partial charge < -0.3 is 10.2 Å². The summed E-state index contributed by atoms with van der Waals surface area (Å²) in [7, 11) is 0. The van der Waals surface area contributed by atoms with Gasteiger partial charge in [-0.15, -0.1) is 0 Å². The molecule has 3 N–H and O–H groups in total. The lowest BCUT2D eigenvalue weighted by Crippen LogP contribution is -2.31. The Labute approximate surface area is 83.4 Å². The summed E-state index contributed by atoms with van der Waals surface area (Å²) in [5, 5.41) is 0. The molecular formula is C7H9F3N4O. The number of hydrazine groups is 1. The van der Waals surface area contributed by atoms with E-state index in [9.17, 15) is 13.2 Å². The Morgan fingerprint density at radius 2 is 2.13 bits per heavy atom. The van der Waals surface area contributed by atoms with Crippen molar-refractivity contribution in [3.05, 3.63) is 12.4 Å². The molecule has 1 aromatic rings. The van der Waals surface area contributed by atoms with E-state index in [2.05, 4.69) is 20.1 Å². The van der Waals surface area contributed by atoms with Crippen molar-refractivity contribution < 1.29 is 17.9 Å². The molecule has 0 amide bonds. The van der Waals surface area contributed by atoms with E-state index >= 15 is 0 Å². The van der Waals surface area contributed by atoms with Crippen LogP contribution in [-0.4, -0.2) is 22.2 Å². The minimum atomic E-state index is -4.43. The van der Waals surface area contributed by atoms with Gasteiger partial charge in [-0.3, -0.25) is 0 Å². The molecule has 0 aliphatic carbocycles. The maximum Gasteiger partial charge on any atom is 0.425 e. The molecule has 0 aliphatic rings. The maximum absolute atomic E-state index is 12.1. The van der Waals surface area contributed by atoms with Crippen molar-refractivity contribution in [1.82, 2.24) is 9.97 Å². The molecule has 0 radical (unpaired) electrons. The fourth-order valence-corrected chi connectivity index (χ4v) is 0.731. The van der Waals surface area contributed by atoms with Crippen molar-refractivity contribution in [2.45, 2.75) is 19.2 Å². The number of nitrogen functional groups attached to an aromatic ring is 1. The SMILES string of the molecule is CC(Oc1cc(NN)ncn1)C(F)(F)F. The Balaban J connectivity index is 2.72. The van der Waals surface area contributed by atoms with Gasteiger partial charge in [-0.1, -0.05) is 0 Å². The van der Waals surface area contributed by atoms with Crippen molar-refractivity contribution in [2.24, 2.45) is 5.84 Å². The first kappa shape index (κ1) is 11.5. The van der Waals surface area contributed by atoms with Crippen molar-refractivity contribution >= 4 is 5.82 Å². The maximum atomic E-state index is 12.1. The summed E-state index contributed by atoms with van der Waals surface area (Å²) in [5.41, 5.74) is 2.17. The third-order valence-corrected chi connectivity index (χ3v) is 1.55. The van der Waals surface area contributed by atoms with Gasteiger partial charge in [-0.05, 0) is 6.92 Å². The topological polar surface area (TPSA) is 73.1 Å². The zero-order valence-corrected chi connectivity index (χ0v) is 7.75. The first-order valence-corrected chi connectivity index (χ1v) is 3.95. The van der Waals surface area contributed by atoms with Gasteiger partial charge in [-0.2, -0.15) is 13.2 Å². The molecule has 0 bridgehead atoms. The van der Waals surface area contributed by atoms with E-state index in [-0.39, 0.29) is 11.7 Å². The van der Waals surface area contributed by atoms with Gasteiger partial charge >= 0.3 is 6.18 Å². The number of rotatable bonds is 3. The molecule has 5 nitrogen and oxygen atoms in total. The van der Waals surface area contributed by atoms with Gasteiger partial charge in [0.05, 0.1) is 0 Å². The van der Waals surface area contributed by atoms with E-state index in [1.807, 2.05) is 0 Å². The number of hydrogen-bond acceptors (Lipinski definition) is 5. The molecule has 0 aliphatic heterocycles. The Morgan fingerprint density at radius 1 is 1.47 bits per heavy atom. The van der Waals surface area contributed by atoms with Crippen molar-refractivity contribution in [1.29, 1.82) is 0 Å². The zero-order valence-electron chi connectivity index (χ0n) is 7.75. The quantitative estimate of drug-likeness (QED) is 0.591. The fraction of sp³-hybridized carbons (Fsp3) is 0.429. The molecule has 0 saturated carbocycles. The number of nitrogens with one attached hydrogen (secondary N) is 1. The molecule has 1 atom stereocenters. The van der Waals surface area contributed by atoms with E-state index in [0.717, 1.165) is 13.3 Å². The Bertz CT molecular complexity index is 330. The van der Waals surface area contributed by atoms with Crippen LogP contribution in [0.1, 0.15) is 6.92 Å². The van der Waals surface area contributed by atoms with Gasteiger partial charge in [0.25, 0.3) is 0 Å². The Hall–Kier alpha value is -1.57. The molecule has 0 fully saturated rings. The third-order valence-electron chi connectivity index (χ3n) is 1.55. The second kappa shape index (κ2) is 4.30. The highest BCUT2D eigenvalue weighted by Gasteiger charge is 2.38. The molecule has 0 aromatic carbocycles. The predicted molar refractivity (Wildman–Crippen MR) is 46.0 cm³/mol. The first-order valence-electron chi connectivity index (χ1n) is 3.95. The number of anilines is 1. The summed E-state index contributed by atoms with van der Waals surface area (Å²) in [6.45, 7) is 0.887. The highest BCUT2D eigenvalue weighted by atomic mass is 19.4. The molecule has 15 heavy (non-hydrogen) atoms. The lowest BCUT2D eigenvalue weighted by Gasteiger charge is -2.16. The van der Waals surface area contributed by atoms with Crippen LogP contribution in [0, 0.1) is 0 Å². The van der Waals surface area contributed by atoms with Crippen LogP contribution in [0.3, 0.4) is 0 Å². The largest absolute Gasteiger partial charge is 0.465 e. The monoisotopic (exact) mass is 222 g/mol. The number of nitrogens with two attached hydrogens (primary N) is 1. The van der Waals surface area contributed by atoms with E-state index in [4.69, 9.17) is 5.84 Å². The van der Waals surface area contributed by atoms with E-state index in [0.29, 0.717) is 0 Å². The molecule has 1 heterocycles. The standard InChI is InChI=1S/C7H9F3N4O/c1-4(7(8,9)10)15-6-2-5(14-11)12-3-13-6/h2-4H,11H2,1H3,(H,12,13,14). The van der Waals surface area contributed by atoms with Gasteiger partial charge in [0.2, 0.25) is 5.88 Å². The summed E-state index contributed by atoms with van der Waals surface area (Å²) in [5.74, 6) is 5.00.